The number of methoxy groups -OCH3 is 1. The van der Waals surface area contributed by atoms with Crippen molar-refractivity contribution in [3.05, 3.63) is 53.1 Å². The van der Waals surface area contributed by atoms with Crippen LogP contribution >= 0.6 is 0 Å². The van der Waals surface area contributed by atoms with Crippen LogP contribution in [0.2, 0.25) is 0 Å². The zero-order chi connectivity index (χ0) is 29.8. The number of hydrogen-bond acceptors (Lipinski definition) is 7. The van der Waals surface area contributed by atoms with Crippen LogP contribution in [0.3, 0.4) is 0 Å². The number of nitrogens with zero attached hydrogens (tertiary/aromatic N) is 3. The fraction of sp³-hybridized carbons (Fsp3) is 0.407. The Balaban J connectivity index is 2.00. The molecule has 0 atom stereocenters. The van der Waals surface area contributed by atoms with Crippen LogP contribution in [-0.4, -0.2) is 91.4 Å². The van der Waals surface area contributed by atoms with E-state index in [1.807, 2.05) is 20.9 Å². The summed E-state index contributed by atoms with van der Waals surface area (Å²) in [4.78, 5) is 30.2. The summed E-state index contributed by atoms with van der Waals surface area (Å²) in [6.07, 6.45) is -4.71. The van der Waals surface area contributed by atoms with Crippen molar-refractivity contribution < 1.29 is 32.6 Å². The number of ether oxygens (including phenoxy) is 1. The molecule has 1 aliphatic rings. The number of likely N-dealkylation sites (N-methyl/N-ethyl adjacent to an activating group) is 1. The summed E-state index contributed by atoms with van der Waals surface area (Å²) < 4.78 is 43.5. The number of phenolic OH excluding ortho intramolecular Hbond substituents is 1. The first kappa shape index (κ1) is 30.4. The molecule has 2 aromatic rings. The van der Waals surface area contributed by atoms with Gasteiger partial charge in [0.1, 0.15) is 23.9 Å². The molecule has 0 spiro atoms. The van der Waals surface area contributed by atoms with Crippen molar-refractivity contribution in [3.63, 3.8) is 0 Å². The molecule has 0 aromatic heterocycles. The first-order valence-electron chi connectivity index (χ1n) is 12.5. The van der Waals surface area contributed by atoms with E-state index in [2.05, 4.69) is 4.90 Å². The number of rotatable bonds is 6. The van der Waals surface area contributed by atoms with Crippen molar-refractivity contribution in [2.45, 2.75) is 25.9 Å². The molecule has 1 fully saturated rings. The molecule has 0 aliphatic carbocycles. The van der Waals surface area contributed by atoms with E-state index in [0.29, 0.717) is 30.0 Å². The van der Waals surface area contributed by atoms with Gasteiger partial charge < -0.3 is 25.0 Å². The Morgan fingerprint density at radius 3 is 2.23 bits per heavy atom. The number of alkyl halides is 3. The molecule has 2 aromatic carbocycles. The van der Waals surface area contributed by atoms with Gasteiger partial charge in [0, 0.05) is 43.5 Å². The number of halogens is 3. The first-order chi connectivity index (χ1) is 18.7. The Kier molecular flexibility index (Phi) is 9.40. The third kappa shape index (κ3) is 7.08. The largest absolute Gasteiger partial charge is 0.507 e. The Hall–Kier alpha value is -4.13. The van der Waals surface area contributed by atoms with Crippen molar-refractivity contribution in [2.24, 2.45) is 0 Å². The standard InChI is InChI=1S/C27H33F3N6O4/c1-16(2)19-13-20(21(37)14-22(19)40-4)23(31)36(24(32)25(38)33-15-27(28,29)30)18-7-5-17(6-8-18)26(39)35-11-9-34(3)10-12-35/h5-8,13-14,16,31-32,37H,9-12,15H2,1-4H3,(H,33,38). The average Bonchev–Trinajstić information content (AvgIpc) is 2.91. The Morgan fingerprint density at radius 2 is 1.70 bits per heavy atom. The van der Waals surface area contributed by atoms with Crippen LogP contribution in [0.25, 0.3) is 0 Å². The Morgan fingerprint density at radius 1 is 1.10 bits per heavy atom. The van der Waals surface area contributed by atoms with E-state index in [9.17, 15) is 27.9 Å². The molecule has 3 rings (SSSR count). The number of nitrogens with one attached hydrogen (secondary N) is 3. The Labute approximate surface area is 230 Å². The number of benzene rings is 2. The van der Waals surface area contributed by atoms with Crippen molar-refractivity contribution in [1.29, 1.82) is 10.8 Å². The number of amides is 2. The molecule has 0 saturated carbocycles. The van der Waals surface area contributed by atoms with Gasteiger partial charge >= 0.3 is 6.18 Å². The van der Waals surface area contributed by atoms with Gasteiger partial charge in [0.05, 0.1) is 12.7 Å². The van der Waals surface area contributed by atoms with Crippen molar-refractivity contribution >= 4 is 29.2 Å². The summed E-state index contributed by atoms with van der Waals surface area (Å²) in [6.45, 7) is 4.61. The molecule has 216 valence electrons. The predicted molar refractivity (Wildman–Crippen MR) is 145 cm³/mol. The van der Waals surface area contributed by atoms with Crippen molar-refractivity contribution in [1.82, 2.24) is 15.1 Å². The van der Waals surface area contributed by atoms with Gasteiger partial charge in [0.25, 0.3) is 11.8 Å². The lowest BCUT2D eigenvalue weighted by Crippen LogP contribution is -2.48. The van der Waals surface area contributed by atoms with Crippen LogP contribution in [0.15, 0.2) is 36.4 Å². The highest BCUT2D eigenvalue weighted by Gasteiger charge is 2.32. The van der Waals surface area contributed by atoms with E-state index in [4.69, 9.17) is 15.6 Å². The van der Waals surface area contributed by atoms with Gasteiger partial charge in [-0.05, 0) is 48.9 Å². The number of aromatic hydroxyl groups is 1. The average molecular weight is 563 g/mol. The second kappa shape index (κ2) is 12.4. The normalized spacial score (nSPS) is 14.2. The lowest BCUT2D eigenvalue weighted by Gasteiger charge is -2.32. The fourth-order valence-electron chi connectivity index (χ4n) is 4.20. The number of carbonyl (C=O) groups excluding carboxylic acids is 2. The van der Waals surface area contributed by atoms with Crippen LogP contribution in [0, 0.1) is 10.8 Å². The number of anilines is 1. The summed E-state index contributed by atoms with van der Waals surface area (Å²) in [5.41, 5.74) is 0.951. The SMILES string of the molecule is COc1cc(O)c(C(=N)N(C(=N)C(=O)NCC(F)(F)F)c2ccc(C(=O)N3CCN(C)CC3)cc2)cc1C(C)C. The fourth-order valence-corrected chi connectivity index (χ4v) is 4.20. The van der Waals surface area contributed by atoms with Gasteiger partial charge in [0.15, 0.2) is 5.84 Å². The monoisotopic (exact) mass is 562 g/mol. The smallest absolute Gasteiger partial charge is 0.405 e. The summed E-state index contributed by atoms with van der Waals surface area (Å²) in [6, 6.07) is 8.48. The van der Waals surface area contributed by atoms with Crippen molar-refractivity contribution in [2.75, 3.05) is 51.8 Å². The lowest BCUT2D eigenvalue weighted by molar-refractivity contribution is -0.134. The number of carbonyl (C=O) groups is 2. The van der Waals surface area contributed by atoms with E-state index < -0.39 is 30.3 Å². The zero-order valence-electron chi connectivity index (χ0n) is 22.7. The van der Waals surface area contributed by atoms with E-state index in [1.54, 1.807) is 10.2 Å². The minimum Gasteiger partial charge on any atom is -0.507 e. The van der Waals surface area contributed by atoms with Gasteiger partial charge in [-0.3, -0.25) is 25.3 Å². The van der Waals surface area contributed by atoms with E-state index in [0.717, 1.165) is 18.0 Å². The maximum atomic E-state index is 13.0. The van der Waals surface area contributed by atoms with Gasteiger partial charge in [-0.1, -0.05) is 13.8 Å². The second-order valence-corrected chi connectivity index (χ2v) is 9.74. The van der Waals surface area contributed by atoms with E-state index >= 15 is 0 Å². The van der Waals surface area contributed by atoms with E-state index in [1.165, 1.54) is 43.5 Å². The van der Waals surface area contributed by atoms with Gasteiger partial charge in [-0.15, -0.1) is 0 Å². The van der Waals surface area contributed by atoms with Crippen LogP contribution in [-0.2, 0) is 4.79 Å². The maximum absolute atomic E-state index is 13.0. The molecule has 0 bridgehead atoms. The third-order valence-electron chi connectivity index (χ3n) is 6.50. The molecule has 0 unspecified atom stereocenters. The van der Waals surface area contributed by atoms with Crippen LogP contribution in [0.5, 0.6) is 11.5 Å². The molecule has 4 N–H and O–H groups in total. The summed E-state index contributed by atoms with van der Waals surface area (Å²) >= 11 is 0. The summed E-state index contributed by atoms with van der Waals surface area (Å²) in [5.74, 6) is -3.22. The first-order valence-corrected chi connectivity index (χ1v) is 12.5. The molecule has 1 aliphatic heterocycles. The minimum atomic E-state index is -4.71. The van der Waals surface area contributed by atoms with Crippen LogP contribution in [0.4, 0.5) is 18.9 Å². The predicted octanol–water partition coefficient (Wildman–Crippen LogP) is 3.40. The maximum Gasteiger partial charge on any atom is 0.405 e. The molecule has 1 saturated heterocycles. The van der Waals surface area contributed by atoms with Gasteiger partial charge in [0.2, 0.25) is 0 Å². The van der Waals surface area contributed by atoms with Gasteiger partial charge in [-0.2, -0.15) is 13.2 Å². The summed E-state index contributed by atoms with van der Waals surface area (Å²) in [5, 5.41) is 29.6. The quantitative estimate of drug-likeness (QED) is 0.315. The number of amidine groups is 2. The molecule has 40 heavy (non-hydrogen) atoms. The molecular formula is C27H33F3N6O4. The minimum absolute atomic E-state index is 0.0633. The highest BCUT2D eigenvalue weighted by Crippen LogP contribution is 2.34. The zero-order valence-corrected chi connectivity index (χ0v) is 22.7. The second-order valence-electron chi connectivity index (χ2n) is 9.74. The molecule has 1 heterocycles. The summed E-state index contributed by atoms with van der Waals surface area (Å²) in [7, 11) is 3.38. The van der Waals surface area contributed by atoms with E-state index in [-0.39, 0.29) is 28.8 Å². The van der Waals surface area contributed by atoms with Crippen LogP contribution in [0.1, 0.15) is 41.3 Å². The third-order valence-corrected chi connectivity index (χ3v) is 6.50. The topological polar surface area (TPSA) is 133 Å². The molecule has 10 nitrogen and oxygen atoms in total. The van der Waals surface area contributed by atoms with Gasteiger partial charge in [-0.25, -0.2) is 0 Å². The molecular weight excluding hydrogens is 529 g/mol. The highest BCUT2D eigenvalue weighted by atomic mass is 19.4. The number of piperazine rings is 1. The van der Waals surface area contributed by atoms with Crippen LogP contribution < -0.4 is 15.0 Å². The highest BCUT2D eigenvalue weighted by molar-refractivity contribution is 6.48. The number of phenols is 1. The molecule has 13 heteroatoms. The Bertz CT molecular complexity index is 1270. The van der Waals surface area contributed by atoms with Crippen molar-refractivity contribution in [3.8, 4) is 11.5 Å². The number of hydrogen-bond donors (Lipinski definition) is 4. The molecule has 2 amide bonds. The lowest BCUT2D eigenvalue weighted by atomic mass is 9.97. The molecule has 0 radical (unpaired) electrons.